The third-order valence-corrected chi connectivity index (χ3v) is 2.25. The first-order chi connectivity index (χ1) is 4.38. The minimum Gasteiger partial charge on any atom is -0.375 e. The molecule has 0 aliphatic carbocycles. The highest BCUT2D eigenvalue weighted by molar-refractivity contribution is 4.93. The molecule has 0 spiro atoms. The molecule has 3 atom stereocenters. The lowest BCUT2D eigenvalue weighted by Crippen LogP contribution is -2.50. The third-order valence-electron chi connectivity index (χ3n) is 2.25. The van der Waals surface area contributed by atoms with Crippen LogP contribution < -0.4 is 11.1 Å². The van der Waals surface area contributed by atoms with Crippen LogP contribution in [0, 0.1) is 5.92 Å². The van der Waals surface area contributed by atoms with Crippen molar-refractivity contribution in [3.8, 4) is 0 Å². The van der Waals surface area contributed by atoms with Crippen molar-refractivity contribution in [3.05, 3.63) is 0 Å². The molecular formula is C6H12N2O. The summed E-state index contributed by atoms with van der Waals surface area (Å²) in [6.07, 6.45) is 0.295. The topological polar surface area (TPSA) is 47.3 Å². The Labute approximate surface area is 54.6 Å². The molecule has 3 N–H and O–H groups in total. The van der Waals surface area contributed by atoms with Gasteiger partial charge in [0.05, 0.1) is 12.7 Å². The summed E-state index contributed by atoms with van der Waals surface area (Å²) in [5.41, 5.74) is 5.82. The summed E-state index contributed by atoms with van der Waals surface area (Å²) in [4.78, 5) is 0. The largest absolute Gasteiger partial charge is 0.375 e. The second-order valence-corrected chi connectivity index (χ2v) is 2.87. The molecular weight excluding hydrogens is 116 g/mol. The zero-order valence-electron chi connectivity index (χ0n) is 5.34. The molecule has 3 heteroatoms. The second-order valence-electron chi connectivity index (χ2n) is 2.87. The van der Waals surface area contributed by atoms with E-state index in [4.69, 9.17) is 10.5 Å². The molecule has 0 amide bonds. The maximum atomic E-state index is 5.82. The van der Waals surface area contributed by atoms with Crippen molar-refractivity contribution in [2.24, 2.45) is 11.7 Å². The fourth-order valence-electron chi connectivity index (χ4n) is 1.57. The number of rotatable bonds is 0. The van der Waals surface area contributed by atoms with Gasteiger partial charge in [-0.15, -0.1) is 0 Å². The van der Waals surface area contributed by atoms with Gasteiger partial charge >= 0.3 is 0 Å². The van der Waals surface area contributed by atoms with Crippen molar-refractivity contribution in [2.75, 3.05) is 19.7 Å². The highest BCUT2D eigenvalue weighted by atomic mass is 16.5. The Morgan fingerprint density at radius 2 is 2.33 bits per heavy atom. The van der Waals surface area contributed by atoms with Crippen molar-refractivity contribution in [1.82, 2.24) is 5.32 Å². The van der Waals surface area contributed by atoms with E-state index in [0.29, 0.717) is 18.1 Å². The number of hydrogen-bond acceptors (Lipinski definition) is 3. The van der Waals surface area contributed by atoms with Crippen LogP contribution in [0.3, 0.4) is 0 Å². The van der Waals surface area contributed by atoms with Gasteiger partial charge in [0.25, 0.3) is 0 Å². The predicted octanol–water partition coefficient (Wildman–Crippen LogP) is -1.07. The van der Waals surface area contributed by atoms with Crippen molar-refractivity contribution in [2.45, 2.75) is 12.1 Å². The molecule has 52 valence electrons. The number of ether oxygens (including phenoxy) is 1. The van der Waals surface area contributed by atoms with Crippen LogP contribution in [-0.4, -0.2) is 31.8 Å². The molecule has 2 bridgehead atoms. The van der Waals surface area contributed by atoms with Crippen LogP contribution in [0.5, 0.6) is 0 Å². The molecule has 0 aromatic heterocycles. The van der Waals surface area contributed by atoms with E-state index in [9.17, 15) is 0 Å². The summed E-state index contributed by atoms with van der Waals surface area (Å²) in [5, 5.41) is 3.27. The molecule has 3 nitrogen and oxygen atoms in total. The minimum absolute atomic E-state index is 0.295. The zero-order valence-corrected chi connectivity index (χ0v) is 5.34. The SMILES string of the molecule is NC1C2CNCC1OC2. The van der Waals surface area contributed by atoms with E-state index in [1.54, 1.807) is 0 Å². The third kappa shape index (κ3) is 0.764. The quantitative estimate of drug-likeness (QED) is 0.437. The zero-order chi connectivity index (χ0) is 6.27. The molecule has 2 fully saturated rings. The number of hydrogen-bond donors (Lipinski definition) is 2. The Bertz CT molecular complexity index is 102. The van der Waals surface area contributed by atoms with Crippen LogP contribution in [0.2, 0.25) is 0 Å². The normalized spacial score (nSPS) is 49.7. The van der Waals surface area contributed by atoms with Crippen molar-refractivity contribution >= 4 is 0 Å². The van der Waals surface area contributed by atoms with Crippen molar-refractivity contribution in [1.29, 1.82) is 0 Å². The van der Waals surface area contributed by atoms with Crippen LogP contribution in [0.25, 0.3) is 0 Å². The predicted molar refractivity (Wildman–Crippen MR) is 34.1 cm³/mol. The van der Waals surface area contributed by atoms with Gasteiger partial charge in [-0.3, -0.25) is 0 Å². The van der Waals surface area contributed by atoms with E-state index >= 15 is 0 Å². The van der Waals surface area contributed by atoms with Crippen LogP contribution in [0.4, 0.5) is 0 Å². The highest BCUT2D eigenvalue weighted by Gasteiger charge is 2.37. The summed E-state index contributed by atoms with van der Waals surface area (Å²) in [6.45, 7) is 2.84. The highest BCUT2D eigenvalue weighted by Crippen LogP contribution is 2.20. The molecule has 2 aliphatic rings. The first-order valence-electron chi connectivity index (χ1n) is 3.46. The van der Waals surface area contributed by atoms with E-state index in [-0.39, 0.29) is 0 Å². The van der Waals surface area contributed by atoms with Gasteiger partial charge in [0.15, 0.2) is 0 Å². The Morgan fingerprint density at radius 1 is 1.44 bits per heavy atom. The monoisotopic (exact) mass is 128 g/mol. The molecule has 2 saturated heterocycles. The maximum absolute atomic E-state index is 5.82. The van der Waals surface area contributed by atoms with Gasteiger partial charge in [0.1, 0.15) is 0 Å². The Balaban J connectivity index is 2.10. The smallest absolute Gasteiger partial charge is 0.0854 e. The van der Waals surface area contributed by atoms with E-state index in [2.05, 4.69) is 5.32 Å². The lowest BCUT2D eigenvalue weighted by molar-refractivity contribution is 0.108. The number of piperidine rings is 1. The van der Waals surface area contributed by atoms with Gasteiger partial charge in [-0.1, -0.05) is 0 Å². The van der Waals surface area contributed by atoms with Gasteiger partial charge in [0.2, 0.25) is 0 Å². The summed E-state index contributed by atoms with van der Waals surface area (Å²) >= 11 is 0. The lowest BCUT2D eigenvalue weighted by Gasteiger charge is -2.24. The fourth-order valence-corrected chi connectivity index (χ4v) is 1.57. The second kappa shape index (κ2) is 1.94. The average molecular weight is 128 g/mol. The van der Waals surface area contributed by atoms with Gasteiger partial charge in [-0.25, -0.2) is 0 Å². The van der Waals surface area contributed by atoms with E-state index < -0.39 is 0 Å². The van der Waals surface area contributed by atoms with E-state index in [1.165, 1.54) is 0 Å². The Kier molecular flexibility index (Phi) is 1.22. The summed E-state index contributed by atoms with van der Waals surface area (Å²) in [5.74, 6) is 0.573. The molecule has 2 rings (SSSR count). The van der Waals surface area contributed by atoms with Gasteiger partial charge in [-0.2, -0.15) is 0 Å². The van der Waals surface area contributed by atoms with Crippen molar-refractivity contribution in [3.63, 3.8) is 0 Å². The lowest BCUT2D eigenvalue weighted by atomic mass is 9.96. The maximum Gasteiger partial charge on any atom is 0.0854 e. The summed E-state index contributed by atoms with van der Waals surface area (Å²) in [6, 6.07) is 0.297. The van der Waals surface area contributed by atoms with Crippen LogP contribution >= 0.6 is 0 Å². The first kappa shape index (κ1) is 5.65. The van der Waals surface area contributed by atoms with Gasteiger partial charge in [-0.05, 0) is 0 Å². The average Bonchev–Trinajstić information content (AvgIpc) is 2.19. The summed E-state index contributed by atoms with van der Waals surface area (Å²) in [7, 11) is 0. The standard InChI is InChI=1S/C6H12N2O/c7-6-4-1-8-2-5(6)9-3-4/h4-6,8H,1-3,7H2. The number of nitrogens with one attached hydrogen (secondary N) is 1. The Hall–Kier alpha value is -0.120. The van der Waals surface area contributed by atoms with Gasteiger partial charge < -0.3 is 15.8 Å². The molecule has 0 saturated carbocycles. The molecule has 3 unspecified atom stereocenters. The van der Waals surface area contributed by atoms with Gasteiger partial charge in [0, 0.05) is 25.0 Å². The van der Waals surface area contributed by atoms with Crippen LogP contribution in [-0.2, 0) is 4.74 Å². The molecule has 9 heavy (non-hydrogen) atoms. The molecule has 0 radical (unpaired) electrons. The molecule has 0 aromatic carbocycles. The minimum atomic E-state index is 0.295. The van der Waals surface area contributed by atoms with Crippen molar-refractivity contribution < 1.29 is 4.74 Å². The van der Waals surface area contributed by atoms with Crippen LogP contribution in [0.15, 0.2) is 0 Å². The number of fused-ring (bicyclic) bond motifs is 2. The fraction of sp³-hybridized carbons (Fsp3) is 1.00. The molecule has 2 aliphatic heterocycles. The molecule has 0 aromatic rings. The summed E-state index contributed by atoms with van der Waals surface area (Å²) < 4.78 is 5.40. The first-order valence-corrected chi connectivity index (χ1v) is 3.46. The Morgan fingerprint density at radius 3 is 3.00 bits per heavy atom. The van der Waals surface area contributed by atoms with E-state index in [1.807, 2.05) is 0 Å². The number of nitrogens with two attached hydrogens (primary N) is 1. The van der Waals surface area contributed by atoms with Crippen LogP contribution in [0.1, 0.15) is 0 Å². The molecule has 2 heterocycles. The van der Waals surface area contributed by atoms with E-state index in [0.717, 1.165) is 19.7 Å².